The second-order valence-corrected chi connectivity index (χ2v) is 5.77. The Balaban J connectivity index is 0.000000472. The van der Waals surface area contributed by atoms with Crippen molar-refractivity contribution in [3.63, 3.8) is 0 Å². The van der Waals surface area contributed by atoms with Crippen LogP contribution in [0, 0.1) is 5.82 Å². The summed E-state index contributed by atoms with van der Waals surface area (Å²) in [6.45, 7) is 6.04. The molecule has 28 heavy (non-hydrogen) atoms. The molecule has 1 aliphatic rings. The monoisotopic (exact) mass is 412 g/mol. The highest BCUT2D eigenvalue weighted by Gasteiger charge is 2.15. The van der Waals surface area contributed by atoms with Gasteiger partial charge in [0.15, 0.2) is 5.69 Å². The van der Waals surface area contributed by atoms with E-state index in [1.165, 1.54) is 38.3 Å². The number of hydrogen-bond acceptors (Lipinski definition) is 6. The molecular formula is C20H30ClFN4O2. The van der Waals surface area contributed by atoms with Crippen LogP contribution in [0.4, 0.5) is 10.2 Å². The van der Waals surface area contributed by atoms with Crippen LogP contribution in [0.5, 0.6) is 0 Å². The zero-order chi connectivity index (χ0) is 21.4. The summed E-state index contributed by atoms with van der Waals surface area (Å²) >= 11 is 5.33. The third-order valence-corrected chi connectivity index (χ3v) is 3.59. The van der Waals surface area contributed by atoms with Gasteiger partial charge in [0.2, 0.25) is 0 Å². The van der Waals surface area contributed by atoms with E-state index >= 15 is 0 Å². The minimum absolute atomic E-state index is 0.174. The molecule has 1 saturated heterocycles. The number of nitrogens with one attached hydrogen (secondary N) is 1. The lowest BCUT2D eigenvalue weighted by Gasteiger charge is -2.15. The quantitative estimate of drug-likeness (QED) is 0.745. The summed E-state index contributed by atoms with van der Waals surface area (Å²) in [4.78, 5) is 21.5. The molecule has 2 heterocycles. The van der Waals surface area contributed by atoms with Gasteiger partial charge in [-0.1, -0.05) is 37.6 Å². The van der Waals surface area contributed by atoms with Crippen LogP contribution >= 0.6 is 11.6 Å². The molecular weight excluding hydrogens is 383 g/mol. The highest BCUT2D eigenvalue weighted by molar-refractivity contribution is 6.30. The minimum Gasteiger partial charge on any atom is -0.464 e. The molecule has 0 saturated carbocycles. The number of aromatic nitrogens is 2. The number of benzene rings is 1. The SMILES string of the molecule is CC.CNC.COC(=O)c1cnc(N2CCCC2)cn1.Fc1ccccc1Cl. The lowest BCUT2D eigenvalue weighted by Crippen LogP contribution is -2.19. The molecule has 3 rings (SSSR count). The van der Waals surface area contributed by atoms with Crippen molar-refractivity contribution < 1.29 is 13.9 Å². The molecule has 0 radical (unpaired) electrons. The maximum Gasteiger partial charge on any atom is 0.358 e. The van der Waals surface area contributed by atoms with E-state index in [4.69, 9.17) is 11.6 Å². The highest BCUT2D eigenvalue weighted by Crippen LogP contribution is 2.16. The Morgan fingerprint density at radius 2 is 1.71 bits per heavy atom. The second-order valence-electron chi connectivity index (χ2n) is 5.36. The summed E-state index contributed by atoms with van der Waals surface area (Å²) in [7, 11) is 5.08. The fourth-order valence-corrected chi connectivity index (χ4v) is 2.22. The van der Waals surface area contributed by atoms with Gasteiger partial charge in [0.25, 0.3) is 0 Å². The predicted molar refractivity (Wildman–Crippen MR) is 113 cm³/mol. The maximum absolute atomic E-state index is 12.2. The standard InChI is InChI=1S/C10H13N3O2.C6H4ClF.C2H7N.C2H6/c1-15-10(14)8-6-12-9(7-11-8)13-4-2-3-5-13;7-5-3-1-2-4-6(5)8;1-3-2;1-2/h6-7H,2-5H2,1H3;1-4H;3H,1-2H3;1-2H3. The Kier molecular flexibility index (Phi) is 14.5. The van der Waals surface area contributed by atoms with Crippen molar-refractivity contribution in [1.82, 2.24) is 15.3 Å². The summed E-state index contributed by atoms with van der Waals surface area (Å²) in [6.07, 6.45) is 5.47. The molecule has 0 atom stereocenters. The van der Waals surface area contributed by atoms with Crippen LogP contribution in [0.25, 0.3) is 0 Å². The lowest BCUT2D eigenvalue weighted by atomic mass is 10.4. The molecule has 0 amide bonds. The zero-order valence-electron chi connectivity index (χ0n) is 17.2. The topological polar surface area (TPSA) is 67.3 Å². The molecule has 6 nitrogen and oxygen atoms in total. The van der Waals surface area contributed by atoms with E-state index < -0.39 is 5.97 Å². The van der Waals surface area contributed by atoms with Gasteiger partial charge < -0.3 is 15.0 Å². The predicted octanol–water partition coefficient (Wildman–Crippen LogP) is 4.20. The van der Waals surface area contributed by atoms with Gasteiger partial charge in [-0.3, -0.25) is 0 Å². The van der Waals surface area contributed by atoms with Gasteiger partial charge in [0, 0.05) is 13.1 Å². The molecule has 0 bridgehead atoms. The van der Waals surface area contributed by atoms with Crippen molar-refractivity contribution in [3.8, 4) is 0 Å². The summed E-state index contributed by atoms with van der Waals surface area (Å²) in [6, 6.07) is 6.12. The fraction of sp³-hybridized carbons (Fsp3) is 0.450. The first-order valence-electron chi connectivity index (χ1n) is 9.17. The van der Waals surface area contributed by atoms with Crippen LogP contribution in [-0.4, -0.2) is 50.2 Å². The number of carbonyl (C=O) groups excluding carboxylic acids is 1. The largest absolute Gasteiger partial charge is 0.464 e. The smallest absolute Gasteiger partial charge is 0.358 e. The summed E-state index contributed by atoms with van der Waals surface area (Å²) in [5.41, 5.74) is 0.250. The normalized spacial score (nSPS) is 11.8. The molecule has 1 fully saturated rings. The molecule has 1 aliphatic heterocycles. The third-order valence-electron chi connectivity index (χ3n) is 3.29. The Bertz CT molecular complexity index is 645. The van der Waals surface area contributed by atoms with Gasteiger partial charge >= 0.3 is 5.97 Å². The first-order valence-corrected chi connectivity index (χ1v) is 9.55. The molecule has 0 aliphatic carbocycles. The van der Waals surface area contributed by atoms with E-state index in [-0.39, 0.29) is 16.5 Å². The van der Waals surface area contributed by atoms with Crippen molar-refractivity contribution in [1.29, 1.82) is 0 Å². The van der Waals surface area contributed by atoms with Crippen molar-refractivity contribution in [3.05, 3.63) is 53.2 Å². The summed E-state index contributed by atoms with van der Waals surface area (Å²) in [5.74, 6) is 0.0183. The van der Waals surface area contributed by atoms with Crippen molar-refractivity contribution in [2.75, 3.05) is 39.2 Å². The first kappa shape index (κ1) is 25.8. The van der Waals surface area contributed by atoms with Gasteiger partial charge in [-0.2, -0.15) is 0 Å². The first-order chi connectivity index (χ1) is 13.5. The van der Waals surface area contributed by atoms with Crippen molar-refractivity contribution in [2.24, 2.45) is 0 Å². The number of hydrogen-bond donors (Lipinski definition) is 1. The number of esters is 1. The second kappa shape index (κ2) is 15.8. The number of ether oxygens (including phenoxy) is 1. The number of methoxy groups -OCH3 is 1. The van der Waals surface area contributed by atoms with E-state index in [1.807, 2.05) is 27.9 Å². The van der Waals surface area contributed by atoms with E-state index in [1.54, 1.807) is 18.3 Å². The molecule has 156 valence electrons. The molecule has 8 heteroatoms. The van der Waals surface area contributed by atoms with Crippen LogP contribution < -0.4 is 10.2 Å². The van der Waals surface area contributed by atoms with Gasteiger partial charge in [-0.15, -0.1) is 0 Å². The number of rotatable bonds is 2. The van der Waals surface area contributed by atoms with Crippen LogP contribution in [0.3, 0.4) is 0 Å². The molecule has 1 aromatic carbocycles. The molecule has 2 aromatic rings. The Hall–Kier alpha value is -2.25. The van der Waals surface area contributed by atoms with Gasteiger partial charge in [0.05, 0.1) is 24.5 Å². The van der Waals surface area contributed by atoms with Crippen LogP contribution in [0.2, 0.25) is 5.02 Å². The molecule has 1 N–H and O–H groups in total. The van der Waals surface area contributed by atoms with E-state index in [9.17, 15) is 9.18 Å². The van der Waals surface area contributed by atoms with Crippen LogP contribution in [0.1, 0.15) is 37.2 Å². The zero-order valence-corrected chi connectivity index (χ0v) is 18.0. The third kappa shape index (κ3) is 9.62. The lowest BCUT2D eigenvalue weighted by molar-refractivity contribution is 0.0593. The fourth-order valence-electron chi connectivity index (χ4n) is 2.08. The average Bonchev–Trinajstić information content (AvgIpc) is 3.27. The van der Waals surface area contributed by atoms with Gasteiger partial charge in [-0.05, 0) is 39.1 Å². The maximum atomic E-state index is 12.2. The summed E-state index contributed by atoms with van der Waals surface area (Å²) < 4.78 is 16.7. The van der Waals surface area contributed by atoms with E-state index in [2.05, 4.69) is 24.9 Å². The molecule has 0 spiro atoms. The molecule has 0 unspecified atom stereocenters. The number of nitrogens with zero attached hydrogens (tertiary/aromatic N) is 3. The van der Waals surface area contributed by atoms with Crippen molar-refractivity contribution >= 4 is 23.4 Å². The number of anilines is 1. The minimum atomic E-state index is -0.449. The molecule has 1 aromatic heterocycles. The number of carbonyl (C=O) groups is 1. The van der Waals surface area contributed by atoms with Gasteiger partial charge in [-0.25, -0.2) is 19.2 Å². The van der Waals surface area contributed by atoms with Gasteiger partial charge in [0.1, 0.15) is 11.6 Å². The van der Waals surface area contributed by atoms with E-state index in [0.717, 1.165) is 18.9 Å². The Morgan fingerprint density at radius 1 is 1.14 bits per heavy atom. The highest BCUT2D eigenvalue weighted by atomic mass is 35.5. The number of halogens is 2. The Labute approximate surface area is 172 Å². The Morgan fingerprint density at radius 3 is 2.11 bits per heavy atom. The van der Waals surface area contributed by atoms with Crippen molar-refractivity contribution in [2.45, 2.75) is 26.7 Å². The van der Waals surface area contributed by atoms with Crippen LogP contribution in [-0.2, 0) is 4.74 Å². The van der Waals surface area contributed by atoms with E-state index in [0.29, 0.717) is 0 Å². The summed E-state index contributed by atoms with van der Waals surface area (Å²) in [5, 5.41) is 2.92. The van der Waals surface area contributed by atoms with Crippen LogP contribution in [0.15, 0.2) is 36.7 Å². The average molecular weight is 413 g/mol.